The van der Waals surface area contributed by atoms with E-state index in [-0.39, 0.29) is 12.0 Å². The molecule has 1 aliphatic heterocycles. The topological polar surface area (TPSA) is 66.8 Å². The number of carbonyl (C=O) groups excluding carboxylic acids is 1. The maximum Gasteiger partial charge on any atom is 0.326 e. The normalized spacial score (nSPS) is 22.3. The lowest BCUT2D eigenvalue weighted by molar-refractivity contribution is -0.150. The molecule has 0 spiro atoms. The molecule has 0 aromatic carbocycles. The fraction of sp³-hybridized carbons (Fsp3) is 0.846. The van der Waals surface area contributed by atoms with Crippen LogP contribution in [0.1, 0.15) is 45.4 Å². The van der Waals surface area contributed by atoms with E-state index in [0.717, 1.165) is 19.3 Å². The molecule has 2 atom stereocenters. The minimum Gasteiger partial charge on any atom is -0.480 e. The van der Waals surface area contributed by atoms with Crippen molar-refractivity contribution >= 4 is 11.9 Å². The van der Waals surface area contributed by atoms with Crippen molar-refractivity contribution in [1.82, 2.24) is 4.90 Å². The second-order valence-electron chi connectivity index (χ2n) is 4.88. The Morgan fingerprint density at radius 1 is 1.39 bits per heavy atom. The molecule has 0 bridgehead atoms. The van der Waals surface area contributed by atoms with Crippen molar-refractivity contribution < 1.29 is 19.4 Å². The van der Waals surface area contributed by atoms with E-state index in [0.29, 0.717) is 25.8 Å². The summed E-state index contributed by atoms with van der Waals surface area (Å²) in [6.07, 6.45) is 4.38. The van der Waals surface area contributed by atoms with Crippen molar-refractivity contribution in [2.45, 2.75) is 57.6 Å². The second-order valence-corrected chi connectivity index (χ2v) is 4.88. The third-order valence-corrected chi connectivity index (χ3v) is 3.53. The number of hydrogen-bond acceptors (Lipinski definition) is 3. The van der Waals surface area contributed by atoms with Gasteiger partial charge in [0.25, 0.3) is 0 Å². The van der Waals surface area contributed by atoms with Crippen LogP contribution in [-0.4, -0.2) is 47.7 Å². The summed E-state index contributed by atoms with van der Waals surface area (Å²) < 4.78 is 5.10. The molecule has 1 heterocycles. The van der Waals surface area contributed by atoms with Gasteiger partial charge in [-0.05, 0) is 26.2 Å². The number of methoxy groups -OCH3 is 1. The summed E-state index contributed by atoms with van der Waals surface area (Å²) in [4.78, 5) is 24.8. The van der Waals surface area contributed by atoms with Crippen molar-refractivity contribution in [2.24, 2.45) is 0 Å². The van der Waals surface area contributed by atoms with Gasteiger partial charge in [0.05, 0.1) is 6.10 Å². The standard InChI is InChI=1S/C13H23NO4/c1-10(18-2)7-8-12(15)14-9-5-3-4-6-11(14)13(16)17/h10-11H,3-9H2,1-2H3,(H,16,17). The molecular weight excluding hydrogens is 234 g/mol. The maximum absolute atomic E-state index is 12.1. The summed E-state index contributed by atoms with van der Waals surface area (Å²) in [5.41, 5.74) is 0. The number of likely N-dealkylation sites (tertiary alicyclic amines) is 1. The molecule has 2 unspecified atom stereocenters. The first-order valence-corrected chi connectivity index (χ1v) is 6.61. The number of carbonyl (C=O) groups is 2. The van der Waals surface area contributed by atoms with Crippen LogP contribution in [0.3, 0.4) is 0 Å². The molecule has 5 heteroatoms. The number of nitrogens with zero attached hydrogens (tertiary/aromatic N) is 1. The molecule has 5 nitrogen and oxygen atoms in total. The van der Waals surface area contributed by atoms with Crippen LogP contribution in [0.15, 0.2) is 0 Å². The largest absolute Gasteiger partial charge is 0.480 e. The van der Waals surface area contributed by atoms with Gasteiger partial charge in [-0.2, -0.15) is 0 Å². The molecule has 18 heavy (non-hydrogen) atoms. The molecule has 1 fully saturated rings. The Kier molecular flexibility index (Phi) is 6.12. The van der Waals surface area contributed by atoms with Crippen LogP contribution in [-0.2, 0) is 14.3 Å². The summed E-state index contributed by atoms with van der Waals surface area (Å²) in [7, 11) is 1.61. The van der Waals surface area contributed by atoms with E-state index in [9.17, 15) is 14.7 Å². The molecule has 1 aliphatic rings. The molecule has 1 N–H and O–H groups in total. The number of carboxylic acid groups (broad SMARTS) is 1. The third kappa shape index (κ3) is 4.29. The minimum absolute atomic E-state index is 0.0317. The Hall–Kier alpha value is -1.10. The van der Waals surface area contributed by atoms with E-state index >= 15 is 0 Å². The number of rotatable bonds is 5. The highest BCUT2D eigenvalue weighted by molar-refractivity contribution is 5.83. The molecule has 0 aliphatic carbocycles. The van der Waals surface area contributed by atoms with Crippen molar-refractivity contribution in [3.05, 3.63) is 0 Å². The number of aliphatic carboxylic acids is 1. The van der Waals surface area contributed by atoms with E-state index in [4.69, 9.17) is 4.74 Å². The number of carboxylic acids is 1. The predicted octanol–water partition coefficient (Wildman–Crippen LogP) is 1.66. The first kappa shape index (κ1) is 15.0. The molecule has 1 saturated heterocycles. The summed E-state index contributed by atoms with van der Waals surface area (Å²) in [6.45, 7) is 2.47. The fourth-order valence-electron chi connectivity index (χ4n) is 2.25. The average Bonchev–Trinajstić information content (AvgIpc) is 2.60. The molecule has 0 radical (unpaired) electrons. The van der Waals surface area contributed by atoms with Gasteiger partial charge in [0.15, 0.2) is 0 Å². The number of amides is 1. The Bertz CT molecular complexity index is 293. The molecular formula is C13H23NO4. The Morgan fingerprint density at radius 2 is 2.11 bits per heavy atom. The van der Waals surface area contributed by atoms with Gasteiger partial charge in [-0.1, -0.05) is 12.8 Å². The second kappa shape index (κ2) is 7.36. The SMILES string of the molecule is COC(C)CCC(=O)N1CCCCCC1C(=O)O. The van der Waals surface area contributed by atoms with E-state index in [1.165, 1.54) is 4.90 Å². The van der Waals surface area contributed by atoms with Crippen LogP contribution in [0.25, 0.3) is 0 Å². The lowest BCUT2D eigenvalue weighted by Crippen LogP contribution is -2.44. The first-order chi connectivity index (χ1) is 8.56. The van der Waals surface area contributed by atoms with Crippen molar-refractivity contribution in [3.8, 4) is 0 Å². The van der Waals surface area contributed by atoms with Crippen LogP contribution in [0.2, 0.25) is 0 Å². The summed E-state index contributed by atoms with van der Waals surface area (Å²) in [5, 5.41) is 9.19. The zero-order chi connectivity index (χ0) is 13.5. The van der Waals surface area contributed by atoms with Gasteiger partial charge in [-0.25, -0.2) is 4.79 Å². The van der Waals surface area contributed by atoms with Crippen LogP contribution < -0.4 is 0 Å². The van der Waals surface area contributed by atoms with Crippen molar-refractivity contribution in [2.75, 3.05) is 13.7 Å². The highest BCUT2D eigenvalue weighted by Crippen LogP contribution is 2.18. The average molecular weight is 257 g/mol. The molecule has 0 aromatic rings. The summed E-state index contributed by atoms with van der Waals surface area (Å²) in [6, 6.07) is -0.641. The lowest BCUT2D eigenvalue weighted by atomic mass is 10.1. The van der Waals surface area contributed by atoms with Crippen molar-refractivity contribution in [3.63, 3.8) is 0 Å². The first-order valence-electron chi connectivity index (χ1n) is 6.61. The predicted molar refractivity (Wildman–Crippen MR) is 67.3 cm³/mol. The van der Waals surface area contributed by atoms with Gasteiger partial charge >= 0.3 is 5.97 Å². The zero-order valence-corrected chi connectivity index (χ0v) is 11.2. The maximum atomic E-state index is 12.1. The van der Waals surface area contributed by atoms with Crippen LogP contribution in [0.4, 0.5) is 0 Å². The Morgan fingerprint density at radius 3 is 2.72 bits per heavy atom. The monoisotopic (exact) mass is 257 g/mol. The van der Waals surface area contributed by atoms with Gasteiger partial charge < -0.3 is 14.7 Å². The molecule has 104 valence electrons. The molecule has 0 aromatic heterocycles. The molecule has 1 rings (SSSR count). The van der Waals surface area contributed by atoms with E-state index in [2.05, 4.69) is 0 Å². The smallest absolute Gasteiger partial charge is 0.326 e. The van der Waals surface area contributed by atoms with Gasteiger partial charge in [0.2, 0.25) is 5.91 Å². The summed E-state index contributed by atoms with van der Waals surface area (Å²) >= 11 is 0. The fourth-order valence-corrected chi connectivity index (χ4v) is 2.25. The lowest BCUT2D eigenvalue weighted by Gasteiger charge is -2.27. The van der Waals surface area contributed by atoms with Crippen LogP contribution in [0.5, 0.6) is 0 Å². The Labute approximate surface area is 108 Å². The number of hydrogen-bond donors (Lipinski definition) is 1. The Balaban J connectivity index is 2.58. The number of ether oxygens (including phenoxy) is 1. The van der Waals surface area contributed by atoms with Gasteiger partial charge in [0, 0.05) is 20.1 Å². The van der Waals surface area contributed by atoms with Crippen LogP contribution >= 0.6 is 0 Å². The van der Waals surface area contributed by atoms with Gasteiger partial charge in [0.1, 0.15) is 6.04 Å². The quantitative estimate of drug-likeness (QED) is 0.813. The summed E-state index contributed by atoms with van der Waals surface area (Å²) in [5.74, 6) is -0.946. The van der Waals surface area contributed by atoms with E-state index in [1.807, 2.05) is 6.92 Å². The van der Waals surface area contributed by atoms with E-state index in [1.54, 1.807) is 7.11 Å². The van der Waals surface area contributed by atoms with Crippen molar-refractivity contribution in [1.29, 1.82) is 0 Å². The third-order valence-electron chi connectivity index (χ3n) is 3.53. The van der Waals surface area contributed by atoms with E-state index < -0.39 is 12.0 Å². The molecule has 1 amide bonds. The highest BCUT2D eigenvalue weighted by atomic mass is 16.5. The van der Waals surface area contributed by atoms with Crippen LogP contribution in [0, 0.1) is 0 Å². The minimum atomic E-state index is -0.884. The van der Waals surface area contributed by atoms with Gasteiger partial charge in [-0.3, -0.25) is 4.79 Å². The highest BCUT2D eigenvalue weighted by Gasteiger charge is 2.30. The molecule has 0 saturated carbocycles. The zero-order valence-electron chi connectivity index (χ0n) is 11.2. The van der Waals surface area contributed by atoms with Gasteiger partial charge in [-0.15, -0.1) is 0 Å².